The summed E-state index contributed by atoms with van der Waals surface area (Å²) in [6, 6.07) is 14.2. The van der Waals surface area contributed by atoms with E-state index in [1.54, 1.807) is 7.11 Å². The molecule has 6 rings (SSSR count). The van der Waals surface area contributed by atoms with Crippen LogP contribution in [0.1, 0.15) is 66.7 Å². The van der Waals surface area contributed by atoms with Crippen molar-refractivity contribution in [3.05, 3.63) is 75.3 Å². The second-order valence-electron chi connectivity index (χ2n) is 10.9. The van der Waals surface area contributed by atoms with Crippen LogP contribution in [-0.2, 0) is 0 Å². The lowest BCUT2D eigenvalue weighted by Crippen LogP contribution is -2.49. The minimum Gasteiger partial charge on any atom is -0.497 e. The standard InChI is InChI=1S/C30H37N7O2/c1-20-8-7-11-27(21(20)2)35-14-16-36(17-15-35)28(29-32-33-34-37(29)23-9-5-4-6-10-23)25-18-22-12-13-24(39-3)19-26(22)31-30(25)38/h7-8,11-13,18-19,23,28H,4-6,9-10,14-17H2,1-3H3,(H,31,38). The minimum atomic E-state index is -0.335. The van der Waals surface area contributed by atoms with Crippen molar-refractivity contribution in [3.8, 4) is 5.75 Å². The fourth-order valence-corrected chi connectivity index (χ4v) is 6.29. The molecule has 1 aliphatic carbocycles. The van der Waals surface area contributed by atoms with Crippen LogP contribution in [-0.4, -0.2) is 63.4 Å². The van der Waals surface area contributed by atoms with Gasteiger partial charge >= 0.3 is 0 Å². The molecule has 4 aromatic rings. The Morgan fingerprint density at radius 1 is 1.00 bits per heavy atom. The molecule has 1 unspecified atom stereocenters. The van der Waals surface area contributed by atoms with E-state index < -0.39 is 0 Å². The molecule has 39 heavy (non-hydrogen) atoms. The van der Waals surface area contributed by atoms with Gasteiger partial charge in [-0.25, -0.2) is 4.68 Å². The number of rotatable bonds is 6. The molecule has 2 aromatic heterocycles. The molecule has 1 atom stereocenters. The summed E-state index contributed by atoms with van der Waals surface area (Å²) < 4.78 is 7.39. The van der Waals surface area contributed by atoms with Crippen LogP contribution in [0.4, 0.5) is 5.69 Å². The summed E-state index contributed by atoms with van der Waals surface area (Å²) in [7, 11) is 1.63. The Balaban J connectivity index is 1.38. The molecule has 1 N–H and O–H groups in total. The lowest BCUT2D eigenvalue weighted by molar-refractivity contribution is 0.192. The van der Waals surface area contributed by atoms with Crippen LogP contribution in [0.5, 0.6) is 5.75 Å². The van der Waals surface area contributed by atoms with Crippen LogP contribution in [0, 0.1) is 13.8 Å². The number of tetrazole rings is 1. The summed E-state index contributed by atoms with van der Waals surface area (Å²) in [4.78, 5) is 21.6. The molecule has 0 amide bonds. The van der Waals surface area contributed by atoms with E-state index in [4.69, 9.17) is 4.74 Å². The van der Waals surface area contributed by atoms with Gasteiger partial charge in [0.25, 0.3) is 5.56 Å². The zero-order valence-corrected chi connectivity index (χ0v) is 23.1. The van der Waals surface area contributed by atoms with Gasteiger partial charge in [-0.05, 0) is 77.9 Å². The fourth-order valence-electron chi connectivity index (χ4n) is 6.29. The molecule has 2 aromatic carbocycles. The quantitative estimate of drug-likeness (QED) is 0.393. The first-order valence-electron chi connectivity index (χ1n) is 14.1. The van der Waals surface area contributed by atoms with Gasteiger partial charge in [-0.3, -0.25) is 9.69 Å². The van der Waals surface area contributed by atoms with Crippen molar-refractivity contribution in [1.82, 2.24) is 30.1 Å². The summed E-state index contributed by atoms with van der Waals surface area (Å²) in [6.07, 6.45) is 5.76. The fraction of sp³-hybridized carbons (Fsp3) is 0.467. The van der Waals surface area contributed by atoms with Crippen molar-refractivity contribution in [2.45, 2.75) is 58.0 Å². The Labute approximate surface area is 228 Å². The average Bonchev–Trinajstić information content (AvgIpc) is 3.45. The van der Waals surface area contributed by atoms with Crippen molar-refractivity contribution in [3.63, 3.8) is 0 Å². The highest BCUT2D eigenvalue weighted by molar-refractivity contribution is 5.80. The van der Waals surface area contributed by atoms with Gasteiger partial charge < -0.3 is 14.6 Å². The third-order valence-electron chi connectivity index (χ3n) is 8.66. The van der Waals surface area contributed by atoms with Gasteiger partial charge in [0.05, 0.1) is 18.7 Å². The number of nitrogens with one attached hydrogen (secondary N) is 1. The lowest BCUT2D eigenvalue weighted by atomic mass is 9.95. The Kier molecular flexibility index (Phi) is 7.08. The smallest absolute Gasteiger partial charge is 0.253 e. The molecule has 0 spiro atoms. The van der Waals surface area contributed by atoms with Crippen LogP contribution in [0.3, 0.4) is 0 Å². The lowest BCUT2D eigenvalue weighted by Gasteiger charge is -2.40. The van der Waals surface area contributed by atoms with E-state index in [9.17, 15) is 4.79 Å². The van der Waals surface area contributed by atoms with E-state index in [1.807, 2.05) is 28.9 Å². The largest absolute Gasteiger partial charge is 0.497 e. The van der Waals surface area contributed by atoms with Gasteiger partial charge in [-0.2, -0.15) is 0 Å². The van der Waals surface area contributed by atoms with Crippen molar-refractivity contribution < 1.29 is 4.74 Å². The summed E-state index contributed by atoms with van der Waals surface area (Å²) in [5.41, 5.74) is 5.24. The number of fused-ring (bicyclic) bond motifs is 1. The van der Waals surface area contributed by atoms with E-state index in [0.29, 0.717) is 11.3 Å². The number of hydrogen-bond donors (Lipinski definition) is 1. The maximum absolute atomic E-state index is 13.7. The highest BCUT2D eigenvalue weighted by Gasteiger charge is 2.34. The van der Waals surface area contributed by atoms with Crippen LogP contribution in [0.25, 0.3) is 10.9 Å². The Hall–Kier alpha value is -3.72. The number of benzene rings is 2. The first-order valence-corrected chi connectivity index (χ1v) is 14.1. The third kappa shape index (κ3) is 4.91. The molecule has 3 heterocycles. The first-order chi connectivity index (χ1) is 19.0. The van der Waals surface area contributed by atoms with Crippen molar-refractivity contribution in [1.29, 1.82) is 0 Å². The molecule has 1 saturated carbocycles. The van der Waals surface area contributed by atoms with E-state index in [0.717, 1.165) is 55.7 Å². The molecular weight excluding hydrogens is 490 g/mol. The monoisotopic (exact) mass is 527 g/mol. The van der Waals surface area contributed by atoms with Crippen LogP contribution in [0.15, 0.2) is 47.3 Å². The minimum absolute atomic E-state index is 0.115. The zero-order chi connectivity index (χ0) is 26.9. The van der Waals surface area contributed by atoms with E-state index in [2.05, 4.69) is 62.4 Å². The summed E-state index contributed by atoms with van der Waals surface area (Å²) in [5, 5.41) is 14.1. The number of aromatic amines is 1. The number of piperazine rings is 1. The number of aryl methyl sites for hydroxylation is 1. The molecule has 1 saturated heterocycles. The van der Waals surface area contributed by atoms with Crippen molar-refractivity contribution >= 4 is 16.6 Å². The molecule has 2 aliphatic rings. The number of hydrogen-bond acceptors (Lipinski definition) is 7. The maximum Gasteiger partial charge on any atom is 0.253 e. The SMILES string of the molecule is COc1ccc2cc(C(c3nnnn3C3CCCCC3)N3CCN(c4cccc(C)c4C)CC3)c(=O)[nH]c2c1. The van der Waals surface area contributed by atoms with Gasteiger partial charge in [0.1, 0.15) is 11.8 Å². The van der Waals surface area contributed by atoms with E-state index in [1.165, 1.54) is 36.1 Å². The van der Waals surface area contributed by atoms with Gasteiger partial charge in [0, 0.05) is 43.5 Å². The number of ether oxygens (including phenoxy) is 1. The van der Waals surface area contributed by atoms with E-state index in [-0.39, 0.29) is 17.6 Å². The Morgan fingerprint density at radius 2 is 1.79 bits per heavy atom. The number of pyridine rings is 1. The highest BCUT2D eigenvalue weighted by atomic mass is 16.5. The number of anilines is 1. The van der Waals surface area contributed by atoms with Gasteiger partial charge in [0.15, 0.2) is 5.82 Å². The number of nitrogens with zero attached hydrogens (tertiary/aromatic N) is 6. The number of methoxy groups -OCH3 is 1. The number of aromatic nitrogens is 5. The molecule has 0 bridgehead atoms. The normalized spacial score (nSPS) is 18.0. The zero-order valence-electron chi connectivity index (χ0n) is 23.1. The summed E-state index contributed by atoms with van der Waals surface area (Å²) >= 11 is 0. The van der Waals surface area contributed by atoms with Gasteiger partial charge in [-0.1, -0.05) is 31.4 Å². The van der Waals surface area contributed by atoms with Crippen LogP contribution in [0.2, 0.25) is 0 Å². The highest BCUT2D eigenvalue weighted by Crippen LogP contribution is 2.34. The molecule has 2 fully saturated rings. The molecular formula is C30H37N7O2. The Bertz CT molecular complexity index is 1510. The molecule has 9 heteroatoms. The predicted octanol–water partition coefficient (Wildman–Crippen LogP) is 4.56. The molecule has 204 valence electrons. The second-order valence-corrected chi connectivity index (χ2v) is 10.9. The molecule has 0 radical (unpaired) electrons. The summed E-state index contributed by atoms with van der Waals surface area (Å²) in [5.74, 6) is 1.48. The van der Waals surface area contributed by atoms with E-state index >= 15 is 0 Å². The predicted molar refractivity (Wildman–Crippen MR) is 153 cm³/mol. The topological polar surface area (TPSA) is 92.2 Å². The third-order valence-corrected chi connectivity index (χ3v) is 8.66. The van der Waals surface area contributed by atoms with Crippen LogP contribution < -0.4 is 15.2 Å². The second kappa shape index (κ2) is 10.8. The average molecular weight is 528 g/mol. The number of H-pyrrole nitrogens is 1. The molecule has 9 nitrogen and oxygen atoms in total. The molecule has 1 aliphatic heterocycles. The van der Waals surface area contributed by atoms with Gasteiger partial charge in [0.2, 0.25) is 0 Å². The van der Waals surface area contributed by atoms with Crippen molar-refractivity contribution in [2.24, 2.45) is 0 Å². The summed E-state index contributed by atoms with van der Waals surface area (Å²) in [6.45, 7) is 7.70. The maximum atomic E-state index is 13.7. The van der Waals surface area contributed by atoms with Crippen LogP contribution >= 0.6 is 0 Å². The first kappa shape index (κ1) is 25.6. The van der Waals surface area contributed by atoms with Crippen molar-refractivity contribution in [2.75, 3.05) is 38.2 Å². The Morgan fingerprint density at radius 3 is 2.56 bits per heavy atom. The van der Waals surface area contributed by atoms with Gasteiger partial charge in [-0.15, -0.1) is 5.10 Å².